The molecule has 1 saturated heterocycles. The normalized spacial score (nSPS) is 28.1. The summed E-state index contributed by atoms with van der Waals surface area (Å²) in [5.74, 6) is -7.46. The Balaban J connectivity index is 1.88. The predicted molar refractivity (Wildman–Crippen MR) is 67.5 cm³/mol. The van der Waals surface area contributed by atoms with Crippen LogP contribution in [0.2, 0.25) is 0 Å². The molecule has 0 bridgehead atoms. The van der Waals surface area contributed by atoms with Gasteiger partial charge in [-0.3, -0.25) is 0 Å². The summed E-state index contributed by atoms with van der Waals surface area (Å²) < 4.78 is 85.3. The van der Waals surface area contributed by atoms with Gasteiger partial charge in [0, 0.05) is 24.6 Å². The van der Waals surface area contributed by atoms with Crippen molar-refractivity contribution in [3.05, 3.63) is 29.3 Å². The van der Waals surface area contributed by atoms with Crippen molar-refractivity contribution in [2.75, 3.05) is 6.61 Å². The number of hydrogen-bond acceptors (Lipinski definition) is 3. The molecule has 1 aromatic carbocycles. The van der Waals surface area contributed by atoms with Gasteiger partial charge in [0.25, 0.3) is 0 Å². The fraction of sp³-hybridized carbons (Fsp3) is 0.538. The lowest BCUT2D eigenvalue weighted by Gasteiger charge is -2.47. The highest BCUT2D eigenvalue weighted by Gasteiger charge is 2.46. The molecule has 1 saturated carbocycles. The minimum absolute atomic E-state index is 0.0297. The van der Waals surface area contributed by atoms with Crippen LogP contribution in [0.4, 0.5) is 17.6 Å². The first-order valence-electron chi connectivity index (χ1n) is 6.78. The van der Waals surface area contributed by atoms with Gasteiger partial charge in [0.05, 0.1) is 6.10 Å². The van der Waals surface area contributed by atoms with Gasteiger partial charge in [0.15, 0.2) is 28.2 Å². The van der Waals surface area contributed by atoms with Crippen LogP contribution in [0.1, 0.15) is 19.3 Å². The minimum Gasteiger partial charge on any atom is -0.378 e. The van der Waals surface area contributed by atoms with Gasteiger partial charge in [-0.15, -0.1) is 0 Å². The molecule has 1 heterocycles. The first kappa shape index (κ1) is 15.7. The van der Waals surface area contributed by atoms with Crippen LogP contribution in [0.5, 0.6) is 0 Å². The quantitative estimate of drug-likeness (QED) is 0.678. The zero-order valence-electron chi connectivity index (χ0n) is 11.3. The van der Waals surface area contributed by atoms with E-state index < -0.39 is 44.2 Å². The maximum atomic E-state index is 13.6. The third kappa shape index (κ3) is 2.50. The van der Waals surface area contributed by atoms with E-state index in [0.29, 0.717) is 13.0 Å². The van der Waals surface area contributed by atoms with E-state index in [0.717, 1.165) is 12.8 Å². The summed E-state index contributed by atoms with van der Waals surface area (Å²) in [7, 11) is -4.71. The first-order valence-corrected chi connectivity index (χ1v) is 8.26. The van der Waals surface area contributed by atoms with Crippen molar-refractivity contribution in [1.29, 1.82) is 0 Å². The number of halogens is 4. The molecule has 2 aliphatic rings. The number of fused-ring (bicyclic) bond motifs is 1. The highest BCUT2D eigenvalue weighted by molar-refractivity contribution is 7.89. The number of rotatable bonds is 3. The molecule has 1 N–H and O–H groups in total. The van der Waals surface area contributed by atoms with Crippen LogP contribution in [0.25, 0.3) is 0 Å². The molecule has 0 spiro atoms. The van der Waals surface area contributed by atoms with Gasteiger partial charge in [-0.1, -0.05) is 0 Å². The van der Waals surface area contributed by atoms with E-state index in [2.05, 4.69) is 4.72 Å². The van der Waals surface area contributed by atoms with Crippen molar-refractivity contribution in [3.8, 4) is 0 Å². The van der Waals surface area contributed by atoms with Gasteiger partial charge in [0.1, 0.15) is 0 Å². The molecule has 1 aliphatic carbocycles. The summed E-state index contributed by atoms with van der Waals surface area (Å²) in [6.45, 7) is 0.596. The second-order valence-electron chi connectivity index (χ2n) is 5.48. The Bertz CT molecular complexity index is 683. The van der Waals surface area contributed by atoms with Gasteiger partial charge < -0.3 is 4.74 Å². The van der Waals surface area contributed by atoms with E-state index in [1.165, 1.54) is 0 Å². The second kappa shape index (κ2) is 5.47. The van der Waals surface area contributed by atoms with Crippen LogP contribution in [0.15, 0.2) is 11.0 Å². The molecule has 0 amide bonds. The Morgan fingerprint density at radius 2 is 1.77 bits per heavy atom. The second-order valence-corrected chi connectivity index (χ2v) is 7.13. The monoisotopic (exact) mass is 339 g/mol. The number of ether oxygens (including phenoxy) is 1. The highest BCUT2D eigenvalue weighted by atomic mass is 32.2. The molecule has 0 unspecified atom stereocenters. The average Bonchev–Trinajstić information content (AvgIpc) is 2.43. The summed E-state index contributed by atoms with van der Waals surface area (Å²) >= 11 is 0. The van der Waals surface area contributed by atoms with E-state index in [9.17, 15) is 26.0 Å². The van der Waals surface area contributed by atoms with Crippen molar-refractivity contribution in [3.63, 3.8) is 0 Å². The molecule has 2 fully saturated rings. The van der Waals surface area contributed by atoms with Gasteiger partial charge >= 0.3 is 0 Å². The third-order valence-corrected chi connectivity index (χ3v) is 5.65. The van der Waals surface area contributed by atoms with Gasteiger partial charge in [-0.05, 0) is 19.3 Å². The summed E-state index contributed by atoms with van der Waals surface area (Å²) in [5, 5.41) is 0. The van der Waals surface area contributed by atoms with Crippen LogP contribution in [0.3, 0.4) is 0 Å². The smallest absolute Gasteiger partial charge is 0.246 e. The summed E-state index contributed by atoms with van der Waals surface area (Å²) in [6.07, 6.45) is 1.77. The van der Waals surface area contributed by atoms with Crippen LogP contribution < -0.4 is 4.72 Å². The number of benzene rings is 1. The molecular weight excluding hydrogens is 326 g/mol. The third-order valence-electron chi connectivity index (χ3n) is 4.14. The SMILES string of the molecule is O=S(=O)(N[C@@H]1C[C@@H]2OCCC[C@H]21)c1c(F)c(F)cc(F)c1F. The van der Waals surface area contributed by atoms with Crippen molar-refractivity contribution < 1.29 is 30.7 Å². The molecule has 9 heteroatoms. The molecule has 3 atom stereocenters. The maximum Gasteiger partial charge on any atom is 0.246 e. The van der Waals surface area contributed by atoms with E-state index in [4.69, 9.17) is 4.74 Å². The van der Waals surface area contributed by atoms with Crippen LogP contribution in [-0.2, 0) is 14.8 Å². The molecule has 122 valence electrons. The number of sulfonamides is 1. The largest absolute Gasteiger partial charge is 0.378 e. The van der Waals surface area contributed by atoms with Gasteiger partial charge in [-0.25, -0.2) is 30.7 Å². The summed E-state index contributed by atoms with van der Waals surface area (Å²) in [5.41, 5.74) is 0. The number of nitrogens with one attached hydrogen (secondary N) is 1. The Hall–Kier alpha value is -1.19. The molecule has 3 rings (SSSR count). The van der Waals surface area contributed by atoms with Crippen molar-refractivity contribution in [2.45, 2.75) is 36.3 Å². The lowest BCUT2D eigenvalue weighted by molar-refractivity contribution is -0.0980. The highest BCUT2D eigenvalue weighted by Crippen LogP contribution is 2.38. The van der Waals surface area contributed by atoms with E-state index in [1.807, 2.05) is 0 Å². The van der Waals surface area contributed by atoms with Crippen LogP contribution >= 0.6 is 0 Å². The molecule has 0 radical (unpaired) electrons. The standard InChI is InChI=1S/C13H13F4NO3S/c14-7-4-8(15)12(17)13(11(7)16)22(19,20)18-9-5-10-6(9)2-1-3-21-10/h4,6,9-10,18H,1-3,5H2/t6-,9+,10-/m0/s1. The fourth-order valence-electron chi connectivity index (χ4n) is 2.98. The Morgan fingerprint density at radius 1 is 1.14 bits per heavy atom. The first-order chi connectivity index (χ1) is 10.3. The van der Waals surface area contributed by atoms with Gasteiger partial charge in [0.2, 0.25) is 10.0 Å². The predicted octanol–water partition coefficient (Wildman–Crippen LogP) is 2.09. The lowest BCUT2D eigenvalue weighted by Crippen LogP contribution is -2.57. The Kier molecular flexibility index (Phi) is 3.90. The molecule has 1 aliphatic heterocycles. The Morgan fingerprint density at radius 3 is 2.36 bits per heavy atom. The minimum atomic E-state index is -4.71. The van der Waals surface area contributed by atoms with Crippen molar-refractivity contribution >= 4 is 10.0 Å². The van der Waals surface area contributed by atoms with Crippen LogP contribution in [-0.4, -0.2) is 27.2 Å². The zero-order valence-corrected chi connectivity index (χ0v) is 12.1. The molecule has 4 nitrogen and oxygen atoms in total. The molecule has 22 heavy (non-hydrogen) atoms. The topological polar surface area (TPSA) is 55.4 Å². The van der Waals surface area contributed by atoms with E-state index >= 15 is 0 Å². The van der Waals surface area contributed by atoms with E-state index in [1.54, 1.807) is 0 Å². The van der Waals surface area contributed by atoms with Crippen LogP contribution in [0, 0.1) is 29.2 Å². The number of hydrogen-bond donors (Lipinski definition) is 1. The van der Waals surface area contributed by atoms with Gasteiger partial charge in [-0.2, -0.15) is 0 Å². The maximum absolute atomic E-state index is 13.6. The fourth-order valence-corrected chi connectivity index (χ4v) is 4.43. The summed E-state index contributed by atoms with van der Waals surface area (Å²) in [4.78, 5) is -1.62. The molecule has 1 aromatic rings. The molecular formula is C13H13F4NO3S. The Labute approximate surface area is 124 Å². The average molecular weight is 339 g/mol. The molecule has 0 aromatic heterocycles. The van der Waals surface area contributed by atoms with Crippen molar-refractivity contribution in [1.82, 2.24) is 4.72 Å². The summed E-state index contributed by atoms with van der Waals surface area (Å²) in [6, 6.07) is -0.585. The lowest BCUT2D eigenvalue weighted by atomic mass is 9.73. The van der Waals surface area contributed by atoms with Crippen molar-refractivity contribution in [2.24, 2.45) is 5.92 Å². The van der Waals surface area contributed by atoms with E-state index in [-0.39, 0.29) is 18.1 Å². The zero-order chi connectivity index (χ0) is 16.1.